The van der Waals surface area contributed by atoms with E-state index in [1.54, 1.807) is 12.3 Å². The molecule has 0 amide bonds. The molecule has 2 aromatic heterocycles. The molecule has 1 saturated carbocycles. The van der Waals surface area contributed by atoms with Crippen molar-refractivity contribution in [3.63, 3.8) is 0 Å². The minimum absolute atomic E-state index is 0.0354. The summed E-state index contributed by atoms with van der Waals surface area (Å²) in [4.78, 5) is 16.8. The van der Waals surface area contributed by atoms with Crippen LogP contribution in [0, 0.1) is 17.3 Å². The Hall–Kier alpha value is -1.84. The number of nitrogens with zero attached hydrogens (tertiary/aromatic N) is 2. The van der Waals surface area contributed by atoms with Crippen molar-refractivity contribution in [1.82, 2.24) is 9.55 Å². The average Bonchev–Trinajstić information content (AvgIpc) is 2.48. The van der Waals surface area contributed by atoms with Gasteiger partial charge in [0, 0.05) is 18.0 Å². The van der Waals surface area contributed by atoms with Crippen LogP contribution in [0.15, 0.2) is 29.2 Å². The van der Waals surface area contributed by atoms with Gasteiger partial charge < -0.3 is 4.74 Å². The quantitative estimate of drug-likeness (QED) is 0.796. The second kappa shape index (κ2) is 6.58. The van der Waals surface area contributed by atoms with Gasteiger partial charge >= 0.3 is 0 Å². The first kappa shape index (κ1) is 17.0. The van der Waals surface area contributed by atoms with Crippen molar-refractivity contribution in [1.29, 1.82) is 0 Å². The van der Waals surface area contributed by atoms with E-state index < -0.39 is 0 Å². The fourth-order valence-electron chi connectivity index (χ4n) is 3.72. The molecule has 1 fully saturated rings. The second-order valence-electron chi connectivity index (χ2n) is 8.34. The minimum atomic E-state index is 0.0354. The molecule has 0 aromatic carbocycles. The molecule has 24 heavy (non-hydrogen) atoms. The lowest BCUT2D eigenvalue weighted by atomic mass is 9.64. The summed E-state index contributed by atoms with van der Waals surface area (Å²) in [6, 6.07) is 5.48. The van der Waals surface area contributed by atoms with Gasteiger partial charge in [-0.25, -0.2) is 4.98 Å². The van der Waals surface area contributed by atoms with Crippen LogP contribution in [0.25, 0.3) is 11.0 Å². The number of pyridine rings is 2. The number of fused-ring (bicyclic) bond motifs is 1. The van der Waals surface area contributed by atoms with Crippen LogP contribution in [0.2, 0.25) is 0 Å². The summed E-state index contributed by atoms with van der Waals surface area (Å²) in [6.07, 6.45) is 5.11. The molecule has 1 aliphatic rings. The summed E-state index contributed by atoms with van der Waals surface area (Å²) in [5.41, 5.74) is 1.22. The summed E-state index contributed by atoms with van der Waals surface area (Å²) in [5, 5.41) is 0.968. The van der Waals surface area contributed by atoms with E-state index in [1.165, 1.54) is 12.8 Å². The molecule has 0 N–H and O–H groups in total. The third-order valence-electron chi connectivity index (χ3n) is 4.88. The number of aromatic nitrogens is 2. The SMILES string of the molecule is CC(C)CCOc1cnc2c(ccc(=O)n2CC2CC(C)(C)C2)c1. The Morgan fingerprint density at radius 3 is 2.75 bits per heavy atom. The molecule has 130 valence electrons. The van der Waals surface area contributed by atoms with Crippen LogP contribution in [0.5, 0.6) is 5.75 Å². The molecule has 0 radical (unpaired) electrons. The molecule has 0 atom stereocenters. The van der Waals surface area contributed by atoms with Gasteiger partial charge in [-0.05, 0) is 48.6 Å². The third-order valence-corrected chi connectivity index (χ3v) is 4.88. The maximum atomic E-state index is 12.3. The number of hydrogen-bond donors (Lipinski definition) is 0. The van der Waals surface area contributed by atoms with Crippen LogP contribution in [-0.2, 0) is 6.54 Å². The van der Waals surface area contributed by atoms with Crippen LogP contribution in [0.3, 0.4) is 0 Å². The Bertz CT molecular complexity index is 769. The molecule has 0 bridgehead atoms. The summed E-state index contributed by atoms with van der Waals surface area (Å²) >= 11 is 0. The van der Waals surface area contributed by atoms with Crippen molar-refractivity contribution in [2.24, 2.45) is 17.3 Å². The van der Waals surface area contributed by atoms with E-state index in [0.29, 0.717) is 23.9 Å². The molecule has 0 aliphatic heterocycles. The summed E-state index contributed by atoms with van der Waals surface area (Å²) in [6.45, 7) is 10.4. The monoisotopic (exact) mass is 328 g/mol. The van der Waals surface area contributed by atoms with Gasteiger partial charge in [0.15, 0.2) is 0 Å². The first-order valence-corrected chi connectivity index (χ1v) is 8.96. The molecular weight excluding hydrogens is 300 g/mol. The first-order valence-electron chi connectivity index (χ1n) is 8.96. The van der Waals surface area contributed by atoms with E-state index in [2.05, 4.69) is 32.7 Å². The molecule has 2 heterocycles. The first-order chi connectivity index (χ1) is 11.3. The highest BCUT2D eigenvalue weighted by atomic mass is 16.5. The lowest BCUT2D eigenvalue weighted by Gasteiger charge is -2.42. The standard InChI is InChI=1S/C20H28N2O2/c1-14(2)7-8-24-17-9-16-5-6-18(23)22(19(16)21-12-17)13-15-10-20(3,4)11-15/h5-6,9,12,14-15H,7-8,10-11,13H2,1-4H3. The van der Waals surface area contributed by atoms with Crippen molar-refractivity contribution in [2.75, 3.05) is 6.61 Å². The zero-order valence-electron chi connectivity index (χ0n) is 15.2. The van der Waals surface area contributed by atoms with Gasteiger partial charge in [-0.3, -0.25) is 9.36 Å². The van der Waals surface area contributed by atoms with E-state index in [9.17, 15) is 4.79 Å². The highest BCUT2D eigenvalue weighted by Crippen LogP contribution is 2.45. The maximum absolute atomic E-state index is 12.3. The lowest BCUT2D eigenvalue weighted by molar-refractivity contribution is 0.0830. The molecule has 1 aliphatic carbocycles. The zero-order chi connectivity index (χ0) is 17.3. The number of ether oxygens (including phenoxy) is 1. The van der Waals surface area contributed by atoms with Crippen LogP contribution >= 0.6 is 0 Å². The number of hydrogen-bond acceptors (Lipinski definition) is 3. The van der Waals surface area contributed by atoms with Crippen molar-refractivity contribution < 1.29 is 4.74 Å². The fourth-order valence-corrected chi connectivity index (χ4v) is 3.72. The molecular formula is C20H28N2O2. The lowest BCUT2D eigenvalue weighted by Crippen LogP contribution is -2.36. The zero-order valence-corrected chi connectivity index (χ0v) is 15.2. The summed E-state index contributed by atoms with van der Waals surface area (Å²) in [5.74, 6) is 1.97. The van der Waals surface area contributed by atoms with Crippen LogP contribution in [-0.4, -0.2) is 16.2 Å². The molecule has 4 nitrogen and oxygen atoms in total. The van der Waals surface area contributed by atoms with Gasteiger partial charge in [0.05, 0.1) is 12.8 Å². The van der Waals surface area contributed by atoms with E-state index in [0.717, 1.165) is 29.7 Å². The van der Waals surface area contributed by atoms with Crippen molar-refractivity contribution in [3.05, 3.63) is 34.7 Å². The van der Waals surface area contributed by atoms with E-state index in [1.807, 2.05) is 16.7 Å². The van der Waals surface area contributed by atoms with Crippen molar-refractivity contribution in [3.8, 4) is 5.75 Å². The molecule has 4 heteroatoms. The van der Waals surface area contributed by atoms with E-state index in [-0.39, 0.29) is 5.56 Å². The molecule has 0 saturated heterocycles. The molecule has 0 unspecified atom stereocenters. The number of rotatable bonds is 6. The largest absolute Gasteiger partial charge is 0.492 e. The molecule has 0 spiro atoms. The Kier molecular flexibility index (Phi) is 4.66. The van der Waals surface area contributed by atoms with Gasteiger partial charge in [-0.2, -0.15) is 0 Å². The van der Waals surface area contributed by atoms with Gasteiger partial charge in [0.1, 0.15) is 11.4 Å². The van der Waals surface area contributed by atoms with Crippen molar-refractivity contribution >= 4 is 11.0 Å². The van der Waals surface area contributed by atoms with Crippen LogP contribution < -0.4 is 10.3 Å². The third kappa shape index (κ3) is 3.80. The summed E-state index contributed by atoms with van der Waals surface area (Å²) < 4.78 is 7.61. The topological polar surface area (TPSA) is 44.1 Å². The Morgan fingerprint density at radius 2 is 2.08 bits per heavy atom. The molecule has 2 aromatic rings. The second-order valence-corrected chi connectivity index (χ2v) is 8.34. The Balaban J connectivity index is 1.79. The van der Waals surface area contributed by atoms with Gasteiger partial charge in [0.25, 0.3) is 5.56 Å². The predicted octanol–water partition coefficient (Wildman–Crippen LogP) is 4.26. The van der Waals surface area contributed by atoms with Gasteiger partial charge in [-0.15, -0.1) is 0 Å². The van der Waals surface area contributed by atoms with E-state index >= 15 is 0 Å². The molecule has 3 rings (SSSR count). The Labute approximate surface area is 143 Å². The predicted molar refractivity (Wildman–Crippen MR) is 97.5 cm³/mol. The minimum Gasteiger partial charge on any atom is -0.492 e. The maximum Gasteiger partial charge on any atom is 0.252 e. The van der Waals surface area contributed by atoms with Crippen molar-refractivity contribution in [2.45, 2.75) is 53.5 Å². The van der Waals surface area contributed by atoms with Crippen LogP contribution in [0.4, 0.5) is 0 Å². The van der Waals surface area contributed by atoms with E-state index in [4.69, 9.17) is 4.74 Å². The highest BCUT2D eigenvalue weighted by molar-refractivity contribution is 5.76. The van der Waals surface area contributed by atoms with Crippen LogP contribution in [0.1, 0.15) is 47.0 Å². The van der Waals surface area contributed by atoms with Gasteiger partial charge in [0.2, 0.25) is 0 Å². The Morgan fingerprint density at radius 1 is 1.33 bits per heavy atom. The average molecular weight is 328 g/mol. The smallest absolute Gasteiger partial charge is 0.252 e. The highest BCUT2D eigenvalue weighted by Gasteiger charge is 2.36. The normalized spacial score (nSPS) is 17.2. The fraction of sp³-hybridized carbons (Fsp3) is 0.600. The summed E-state index contributed by atoms with van der Waals surface area (Å²) in [7, 11) is 0. The van der Waals surface area contributed by atoms with Gasteiger partial charge in [-0.1, -0.05) is 27.7 Å².